The Morgan fingerprint density at radius 3 is 2.76 bits per heavy atom. The zero-order chi connectivity index (χ0) is 12.1. The van der Waals surface area contributed by atoms with E-state index in [9.17, 15) is 4.79 Å². The molecule has 1 unspecified atom stereocenters. The molecule has 96 valence electrons. The van der Waals surface area contributed by atoms with Crippen molar-refractivity contribution in [3.05, 3.63) is 12.7 Å². The van der Waals surface area contributed by atoms with E-state index in [4.69, 9.17) is 0 Å². The van der Waals surface area contributed by atoms with Crippen LogP contribution in [0.2, 0.25) is 0 Å². The first kappa shape index (κ1) is 12.6. The fraction of sp³-hybridized carbons (Fsp3) is 0.769. The summed E-state index contributed by atoms with van der Waals surface area (Å²) >= 11 is 0. The van der Waals surface area contributed by atoms with Gasteiger partial charge in [-0.2, -0.15) is 0 Å². The highest BCUT2D eigenvalue weighted by molar-refractivity contribution is 5.87. The summed E-state index contributed by atoms with van der Waals surface area (Å²) in [5.74, 6) is 0.102. The molecule has 2 rings (SSSR count). The Balaban J connectivity index is 1.91. The molecule has 1 N–H and O–H groups in total. The normalized spacial score (nSPS) is 26.8. The molecule has 2 aliphatic heterocycles. The van der Waals surface area contributed by atoms with E-state index >= 15 is 0 Å². The molecule has 0 aliphatic carbocycles. The maximum absolute atomic E-state index is 11.8. The Hall–Kier alpha value is -0.870. The van der Waals surface area contributed by atoms with E-state index < -0.39 is 0 Å². The van der Waals surface area contributed by atoms with Gasteiger partial charge in [0.05, 0.1) is 0 Å². The van der Waals surface area contributed by atoms with Crippen LogP contribution in [0.4, 0.5) is 0 Å². The van der Waals surface area contributed by atoms with Crippen LogP contribution in [0, 0.1) is 0 Å². The van der Waals surface area contributed by atoms with Gasteiger partial charge in [-0.15, -0.1) is 0 Å². The number of amides is 1. The van der Waals surface area contributed by atoms with Gasteiger partial charge in [-0.1, -0.05) is 6.58 Å². The molecule has 1 amide bonds. The van der Waals surface area contributed by atoms with E-state index in [0.717, 1.165) is 52.1 Å². The van der Waals surface area contributed by atoms with E-state index in [0.29, 0.717) is 6.04 Å². The van der Waals surface area contributed by atoms with Crippen molar-refractivity contribution in [2.75, 3.05) is 39.3 Å². The number of rotatable bonds is 3. The van der Waals surface area contributed by atoms with E-state index in [1.807, 2.05) is 4.90 Å². The molecular formula is C13H23N3O. The van der Waals surface area contributed by atoms with Crippen molar-refractivity contribution in [1.82, 2.24) is 15.1 Å². The number of nitrogens with one attached hydrogen (secondary N) is 1. The fourth-order valence-electron chi connectivity index (χ4n) is 2.79. The number of hydrogen-bond donors (Lipinski definition) is 1. The van der Waals surface area contributed by atoms with Gasteiger partial charge in [-0.3, -0.25) is 9.69 Å². The first-order chi connectivity index (χ1) is 8.31. The van der Waals surface area contributed by atoms with Crippen LogP contribution in [-0.4, -0.2) is 61.0 Å². The third-order valence-electron chi connectivity index (χ3n) is 3.76. The van der Waals surface area contributed by atoms with Gasteiger partial charge in [0, 0.05) is 45.3 Å². The zero-order valence-corrected chi connectivity index (χ0v) is 10.5. The number of piperidine rings is 1. The van der Waals surface area contributed by atoms with Crippen LogP contribution < -0.4 is 5.32 Å². The maximum atomic E-state index is 11.8. The van der Waals surface area contributed by atoms with Gasteiger partial charge in [0.25, 0.3) is 0 Å². The smallest absolute Gasteiger partial charge is 0.246 e. The molecule has 0 saturated carbocycles. The van der Waals surface area contributed by atoms with Crippen LogP contribution in [0.3, 0.4) is 0 Å². The largest absolute Gasteiger partial charge is 0.335 e. The molecular weight excluding hydrogens is 214 g/mol. The lowest BCUT2D eigenvalue weighted by Crippen LogP contribution is -2.52. The topological polar surface area (TPSA) is 35.6 Å². The van der Waals surface area contributed by atoms with Gasteiger partial charge in [-0.25, -0.2) is 0 Å². The number of piperazine rings is 1. The molecule has 4 heteroatoms. The molecule has 17 heavy (non-hydrogen) atoms. The van der Waals surface area contributed by atoms with Crippen LogP contribution in [0.5, 0.6) is 0 Å². The molecule has 2 saturated heterocycles. The summed E-state index contributed by atoms with van der Waals surface area (Å²) in [6.45, 7) is 9.89. The molecule has 0 bridgehead atoms. The molecule has 2 heterocycles. The van der Waals surface area contributed by atoms with Crippen LogP contribution in [-0.2, 0) is 4.79 Å². The zero-order valence-electron chi connectivity index (χ0n) is 10.5. The van der Waals surface area contributed by atoms with Crippen LogP contribution in [0.1, 0.15) is 19.3 Å². The fourth-order valence-corrected chi connectivity index (χ4v) is 2.79. The predicted octanol–water partition coefficient (Wildman–Crippen LogP) is 0.459. The van der Waals surface area contributed by atoms with Crippen molar-refractivity contribution in [2.24, 2.45) is 0 Å². The van der Waals surface area contributed by atoms with E-state index in [1.54, 1.807) is 0 Å². The number of nitrogens with zero attached hydrogens (tertiary/aromatic N) is 2. The summed E-state index contributed by atoms with van der Waals surface area (Å²) < 4.78 is 0. The Labute approximate surface area is 104 Å². The lowest BCUT2D eigenvalue weighted by atomic mass is 10.0. The second-order valence-electron chi connectivity index (χ2n) is 4.94. The second kappa shape index (κ2) is 6.17. The maximum Gasteiger partial charge on any atom is 0.246 e. The van der Waals surface area contributed by atoms with Crippen molar-refractivity contribution in [3.63, 3.8) is 0 Å². The predicted molar refractivity (Wildman–Crippen MR) is 68.9 cm³/mol. The number of carbonyl (C=O) groups excluding carboxylic acids is 1. The lowest BCUT2D eigenvalue weighted by Gasteiger charge is -2.39. The SMILES string of the molecule is C=CC(=O)N1CCCCC1CN1CCNCC1. The first-order valence-corrected chi connectivity index (χ1v) is 6.67. The van der Waals surface area contributed by atoms with Crippen molar-refractivity contribution < 1.29 is 4.79 Å². The summed E-state index contributed by atoms with van der Waals surface area (Å²) in [6, 6.07) is 0.396. The van der Waals surface area contributed by atoms with Gasteiger partial charge in [0.1, 0.15) is 0 Å². The minimum Gasteiger partial charge on any atom is -0.335 e. The van der Waals surface area contributed by atoms with Gasteiger partial charge in [0.15, 0.2) is 0 Å². The molecule has 0 aromatic rings. The van der Waals surface area contributed by atoms with Gasteiger partial charge < -0.3 is 10.2 Å². The number of carbonyl (C=O) groups is 1. The highest BCUT2D eigenvalue weighted by Crippen LogP contribution is 2.18. The molecule has 0 spiro atoms. The Bertz CT molecular complexity index is 274. The minimum atomic E-state index is 0.102. The standard InChI is InChI=1S/C13H23N3O/c1-2-13(17)16-8-4-3-5-12(16)11-15-9-6-14-7-10-15/h2,12,14H,1,3-11H2. The average molecular weight is 237 g/mol. The van der Waals surface area contributed by atoms with Crippen LogP contribution in [0.25, 0.3) is 0 Å². The highest BCUT2D eigenvalue weighted by Gasteiger charge is 2.27. The van der Waals surface area contributed by atoms with Crippen LogP contribution >= 0.6 is 0 Å². The first-order valence-electron chi connectivity index (χ1n) is 6.67. The quantitative estimate of drug-likeness (QED) is 0.724. The molecule has 0 aromatic carbocycles. The van der Waals surface area contributed by atoms with Gasteiger partial charge in [0.2, 0.25) is 5.91 Å². The van der Waals surface area contributed by atoms with Gasteiger partial charge >= 0.3 is 0 Å². The summed E-state index contributed by atoms with van der Waals surface area (Å²) in [5, 5.41) is 3.36. The molecule has 2 fully saturated rings. The van der Waals surface area contributed by atoms with Crippen molar-refractivity contribution in [2.45, 2.75) is 25.3 Å². The van der Waals surface area contributed by atoms with Crippen LogP contribution in [0.15, 0.2) is 12.7 Å². The summed E-state index contributed by atoms with van der Waals surface area (Å²) in [6.07, 6.45) is 4.98. The molecule has 1 atom stereocenters. The van der Waals surface area contributed by atoms with Crippen molar-refractivity contribution >= 4 is 5.91 Å². The molecule has 0 radical (unpaired) electrons. The minimum absolute atomic E-state index is 0.102. The third kappa shape index (κ3) is 3.30. The summed E-state index contributed by atoms with van der Waals surface area (Å²) in [4.78, 5) is 16.3. The number of likely N-dealkylation sites (tertiary alicyclic amines) is 1. The van der Waals surface area contributed by atoms with E-state index in [1.165, 1.54) is 12.5 Å². The van der Waals surface area contributed by atoms with E-state index in [-0.39, 0.29) is 5.91 Å². The third-order valence-corrected chi connectivity index (χ3v) is 3.76. The molecule has 2 aliphatic rings. The van der Waals surface area contributed by atoms with E-state index in [2.05, 4.69) is 16.8 Å². The van der Waals surface area contributed by atoms with Gasteiger partial charge in [-0.05, 0) is 25.3 Å². The molecule has 0 aromatic heterocycles. The summed E-state index contributed by atoms with van der Waals surface area (Å²) in [7, 11) is 0. The Kier molecular flexibility index (Phi) is 4.57. The summed E-state index contributed by atoms with van der Waals surface area (Å²) in [5.41, 5.74) is 0. The monoisotopic (exact) mass is 237 g/mol. The Morgan fingerprint density at radius 2 is 2.06 bits per heavy atom. The highest BCUT2D eigenvalue weighted by atomic mass is 16.2. The second-order valence-corrected chi connectivity index (χ2v) is 4.94. The number of hydrogen-bond acceptors (Lipinski definition) is 3. The molecule has 4 nitrogen and oxygen atoms in total. The van der Waals surface area contributed by atoms with Crippen molar-refractivity contribution in [3.8, 4) is 0 Å². The average Bonchev–Trinajstić information content (AvgIpc) is 2.40. The Morgan fingerprint density at radius 1 is 1.29 bits per heavy atom. The van der Waals surface area contributed by atoms with Crippen molar-refractivity contribution in [1.29, 1.82) is 0 Å². The lowest BCUT2D eigenvalue weighted by molar-refractivity contribution is -0.130.